The SMILES string of the molecule is CCc1nc(Nc2ccc(S(=O)(=O)N3CCOCC3)cc2OC)nc2[nH]ncc12. The lowest BCUT2D eigenvalue weighted by molar-refractivity contribution is 0.0730. The van der Waals surface area contributed by atoms with Gasteiger partial charge in [0.05, 0.1) is 48.2 Å². The third kappa shape index (κ3) is 3.76. The van der Waals surface area contributed by atoms with E-state index in [1.54, 1.807) is 18.3 Å². The minimum atomic E-state index is -3.62. The molecule has 4 rings (SSSR count). The molecule has 10 nitrogen and oxygen atoms in total. The zero-order valence-electron chi connectivity index (χ0n) is 16.2. The monoisotopic (exact) mass is 418 g/mol. The van der Waals surface area contributed by atoms with Crippen molar-refractivity contribution in [3.8, 4) is 5.75 Å². The van der Waals surface area contributed by atoms with Crippen LogP contribution in [0.4, 0.5) is 11.6 Å². The molecule has 1 fully saturated rings. The van der Waals surface area contributed by atoms with Crippen LogP contribution in [0, 0.1) is 0 Å². The smallest absolute Gasteiger partial charge is 0.243 e. The van der Waals surface area contributed by atoms with Crippen LogP contribution in [0.25, 0.3) is 11.0 Å². The predicted octanol–water partition coefficient (Wildman–Crippen LogP) is 1.69. The number of fused-ring (bicyclic) bond motifs is 1. The lowest BCUT2D eigenvalue weighted by Crippen LogP contribution is -2.40. The third-order valence-electron chi connectivity index (χ3n) is 4.75. The van der Waals surface area contributed by atoms with Crippen molar-refractivity contribution in [2.24, 2.45) is 0 Å². The van der Waals surface area contributed by atoms with E-state index in [9.17, 15) is 8.42 Å². The molecular formula is C18H22N6O4S. The first kappa shape index (κ1) is 19.6. The molecule has 11 heteroatoms. The molecule has 154 valence electrons. The van der Waals surface area contributed by atoms with E-state index in [0.29, 0.717) is 49.3 Å². The van der Waals surface area contributed by atoms with Crippen molar-refractivity contribution in [3.05, 3.63) is 30.1 Å². The highest BCUT2D eigenvalue weighted by Crippen LogP contribution is 2.31. The highest BCUT2D eigenvalue weighted by molar-refractivity contribution is 7.89. The van der Waals surface area contributed by atoms with E-state index >= 15 is 0 Å². The molecule has 0 saturated carbocycles. The first-order chi connectivity index (χ1) is 14.0. The van der Waals surface area contributed by atoms with Crippen LogP contribution in [-0.4, -0.2) is 66.3 Å². The van der Waals surface area contributed by atoms with Crippen molar-refractivity contribution >= 4 is 32.7 Å². The number of aromatic nitrogens is 4. The van der Waals surface area contributed by atoms with Crippen molar-refractivity contribution < 1.29 is 17.9 Å². The Morgan fingerprint density at radius 1 is 1.28 bits per heavy atom. The Kier molecular flexibility index (Phi) is 5.35. The summed E-state index contributed by atoms with van der Waals surface area (Å²) in [6, 6.07) is 4.70. The molecular weight excluding hydrogens is 396 g/mol. The second kappa shape index (κ2) is 7.93. The minimum Gasteiger partial charge on any atom is -0.495 e. The van der Waals surface area contributed by atoms with Gasteiger partial charge in [-0.15, -0.1) is 0 Å². The van der Waals surface area contributed by atoms with Crippen LogP contribution in [0.5, 0.6) is 5.75 Å². The molecule has 0 unspecified atom stereocenters. The number of nitrogens with zero attached hydrogens (tertiary/aromatic N) is 4. The molecule has 1 aliphatic heterocycles. The summed E-state index contributed by atoms with van der Waals surface area (Å²) in [4.78, 5) is 9.12. The maximum atomic E-state index is 12.9. The molecule has 29 heavy (non-hydrogen) atoms. The van der Waals surface area contributed by atoms with Crippen LogP contribution in [0.3, 0.4) is 0 Å². The van der Waals surface area contributed by atoms with Gasteiger partial charge in [0.15, 0.2) is 5.65 Å². The van der Waals surface area contributed by atoms with Crippen molar-refractivity contribution in [3.63, 3.8) is 0 Å². The minimum absolute atomic E-state index is 0.168. The maximum absolute atomic E-state index is 12.9. The first-order valence-electron chi connectivity index (χ1n) is 9.26. The van der Waals surface area contributed by atoms with Crippen molar-refractivity contribution in [1.29, 1.82) is 0 Å². The number of aryl methyl sites for hydroxylation is 1. The fourth-order valence-electron chi connectivity index (χ4n) is 3.21. The van der Waals surface area contributed by atoms with Crippen LogP contribution < -0.4 is 10.1 Å². The lowest BCUT2D eigenvalue weighted by atomic mass is 10.2. The average Bonchev–Trinajstić information content (AvgIpc) is 3.22. The number of rotatable bonds is 6. The first-order valence-corrected chi connectivity index (χ1v) is 10.7. The summed E-state index contributed by atoms with van der Waals surface area (Å²) in [6.45, 7) is 3.46. The normalized spacial score (nSPS) is 15.5. The number of anilines is 2. The zero-order chi connectivity index (χ0) is 20.4. The molecule has 2 N–H and O–H groups in total. The van der Waals surface area contributed by atoms with Crippen molar-refractivity contribution in [1.82, 2.24) is 24.5 Å². The Hall–Kier alpha value is -2.76. The van der Waals surface area contributed by atoms with E-state index in [1.807, 2.05) is 6.92 Å². The Bertz CT molecular complexity index is 1120. The summed E-state index contributed by atoms with van der Waals surface area (Å²) >= 11 is 0. The lowest BCUT2D eigenvalue weighted by Gasteiger charge is -2.26. The van der Waals surface area contributed by atoms with E-state index in [0.717, 1.165) is 17.5 Å². The molecule has 0 amide bonds. The number of methoxy groups -OCH3 is 1. The van der Waals surface area contributed by atoms with Crippen LogP contribution >= 0.6 is 0 Å². The summed E-state index contributed by atoms with van der Waals surface area (Å²) in [5, 5.41) is 10.8. The summed E-state index contributed by atoms with van der Waals surface area (Å²) in [6.07, 6.45) is 2.42. The van der Waals surface area contributed by atoms with Gasteiger partial charge in [0.25, 0.3) is 0 Å². The molecule has 3 heterocycles. The zero-order valence-corrected chi connectivity index (χ0v) is 17.0. The van der Waals surface area contributed by atoms with Gasteiger partial charge >= 0.3 is 0 Å². The fraction of sp³-hybridized carbons (Fsp3) is 0.389. The molecule has 0 bridgehead atoms. The number of nitrogens with one attached hydrogen (secondary N) is 2. The number of hydrogen-bond donors (Lipinski definition) is 2. The van der Waals surface area contributed by atoms with Gasteiger partial charge in [-0.2, -0.15) is 14.4 Å². The summed E-state index contributed by atoms with van der Waals surface area (Å²) < 4.78 is 37.9. The van der Waals surface area contributed by atoms with Gasteiger partial charge in [-0.25, -0.2) is 13.4 Å². The van der Waals surface area contributed by atoms with Gasteiger partial charge in [-0.3, -0.25) is 5.10 Å². The Morgan fingerprint density at radius 3 is 2.79 bits per heavy atom. The fourth-order valence-corrected chi connectivity index (χ4v) is 4.64. The Morgan fingerprint density at radius 2 is 2.07 bits per heavy atom. The molecule has 0 radical (unpaired) electrons. The number of hydrogen-bond acceptors (Lipinski definition) is 8. The quantitative estimate of drug-likeness (QED) is 0.620. The Balaban J connectivity index is 1.65. The van der Waals surface area contributed by atoms with Crippen molar-refractivity contribution in [2.45, 2.75) is 18.2 Å². The molecule has 0 spiro atoms. The number of H-pyrrole nitrogens is 1. The average molecular weight is 418 g/mol. The second-order valence-corrected chi connectivity index (χ2v) is 8.42. The van der Waals surface area contributed by atoms with E-state index in [2.05, 4.69) is 25.5 Å². The number of morpholine rings is 1. The molecule has 0 atom stereocenters. The standard InChI is InChI=1S/C18H22N6O4S/c1-3-14-13-11-19-23-17(13)22-18(20-14)21-15-5-4-12(10-16(15)27-2)29(25,26)24-6-8-28-9-7-24/h4-5,10-11H,3,6-9H2,1-2H3,(H2,19,20,21,22,23). The molecule has 1 aromatic carbocycles. The molecule has 0 aliphatic carbocycles. The van der Waals surface area contributed by atoms with Crippen LogP contribution in [-0.2, 0) is 21.2 Å². The number of benzene rings is 1. The molecule has 2 aromatic heterocycles. The van der Waals surface area contributed by atoms with Crippen LogP contribution in [0.1, 0.15) is 12.6 Å². The van der Waals surface area contributed by atoms with E-state index in [1.165, 1.54) is 17.5 Å². The highest BCUT2D eigenvalue weighted by atomic mass is 32.2. The van der Waals surface area contributed by atoms with E-state index in [-0.39, 0.29) is 4.90 Å². The second-order valence-electron chi connectivity index (χ2n) is 6.48. The van der Waals surface area contributed by atoms with Gasteiger partial charge in [-0.05, 0) is 18.6 Å². The number of ether oxygens (including phenoxy) is 2. The summed E-state index contributed by atoms with van der Waals surface area (Å²) in [7, 11) is -2.13. The maximum Gasteiger partial charge on any atom is 0.243 e. The van der Waals surface area contributed by atoms with Crippen LogP contribution in [0.2, 0.25) is 0 Å². The van der Waals surface area contributed by atoms with Crippen LogP contribution in [0.15, 0.2) is 29.3 Å². The number of aromatic amines is 1. The number of sulfonamides is 1. The summed E-state index contributed by atoms with van der Waals surface area (Å²) in [5.41, 5.74) is 2.05. The van der Waals surface area contributed by atoms with Gasteiger partial charge < -0.3 is 14.8 Å². The Labute approximate surface area is 168 Å². The third-order valence-corrected chi connectivity index (χ3v) is 6.65. The topological polar surface area (TPSA) is 122 Å². The molecule has 1 aliphatic rings. The van der Waals surface area contributed by atoms with Gasteiger partial charge in [0.1, 0.15) is 5.75 Å². The van der Waals surface area contributed by atoms with E-state index < -0.39 is 10.0 Å². The highest BCUT2D eigenvalue weighted by Gasteiger charge is 2.27. The largest absolute Gasteiger partial charge is 0.495 e. The van der Waals surface area contributed by atoms with E-state index in [4.69, 9.17) is 9.47 Å². The van der Waals surface area contributed by atoms with Gasteiger partial charge in [0, 0.05) is 19.2 Å². The predicted molar refractivity (Wildman–Crippen MR) is 107 cm³/mol. The van der Waals surface area contributed by atoms with Gasteiger partial charge in [-0.1, -0.05) is 6.92 Å². The molecule has 3 aromatic rings. The van der Waals surface area contributed by atoms with Gasteiger partial charge in [0.2, 0.25) is 16.0 Å². The van der Waals surface area contributed by atoms with Crippen molar-refractivity contribution in [2.75, 3.05) is 38.7 Å². The molecule has 1 saturated heterocycles. The summed E-state index contributed by atoms with van der Waals surface area (Å²) in [5.74, 6) is 0.756.